The van der Waals surface area contributed by atoms with Crippen molar-refractivity contribution < 1.29 is 0 Å². The summed E-state index contributed by atoms with van der Waals surface area (Å²) in [6.45, 7) is 1.97. The molecule has 2 N–H and O–H groups in total. The summed E-state index contributed by atoms with van der Waals surface area (Å²) in [5.41, 5.74) is 10.3. The van der Waals surface area contributed by atoms with Crippen LogP contribution in [0, 0.1) is 6.92 Å². The van der Waals surface area contributed by atoms with Crippen molar-refractivity contribution in [2.24, 2.45) is 5.73 Å². The van der Waals surface area contributed by atoms with E-state index in [1.54, 1.807) is 6.20 Å². The summed E-state index contributed by atoms with van der Waals surface area (Å²) in [4.78, 5) is 8.75. The maximum Gasteiger partial charge on any atom is 0.0753 e. The molecule has 19 heavy (non-hydrogen) atoms. The second-order valence-electron chi connectivity index (χ2n) is 4.63. The summed E-state index contributed by atoms with van der Waals surface area (Å²) in [5, 5.41) is 1.11. The van der Waals surface area contributed by atoms with Crippen LogP contribution in [0.4, 0.5) is 0 Å². The lowest BCUT2D eigenvalue weighted by Crippen LogP contribution is -2.13. The van der Waals surface area contributed by atoms with Crippen LogP contribution in [0.3, 0.4) is 0 Å². The fourth-order valence-corrected chi connectivity index (χ4v) is 2.22. The topological polar surface area (TPSA) is 51.8 Å². The number of benzene rings is 1. The molecule has 0 saturated heterocycles. The maximum absolute atomic E-state index is 6.35. The van der Waals surface area contributed by atoms with Crippen LogP contribution in [-0.4, -0.2) is 9.97 Å². The number of hydrogen-bond acceptors (Lipinski definition) is 3. The lowest BCUT2D eigenvalue weighted by atomic mass is 9.98. The molecule has 0 fully saturated rings. The number of aromatic nitrogens is 2. The molecule has 0 radical (unpaired) electrons. The van der Waals surface area contributed by atoms with E-state index in [1.165, 1.54) is 0 Å². The molecule has 1 atom stereocenters. The van der Waals surface area contributed by atoms with Gasteiger partial charge in [0.25, 0.3) is 0 Å². The molecule has 3 aromatic rings. The molecule has 1 aromatic carbocycles. The van der Waals surface area contributed by atoms with Gasteiger partial charge < -0.3 is 5.73 Å². The molecule has 3 heteroatoms. The third-order valence-electron chi connectivity index (χ3n) is 3.29. The van der Waals surface area contributed by atoms with E-state index < -0.39 is 0 Å². The monoisotopic (exact) mass is 249 g/mol. The minimum absolute atomic E-state index is 0.202. The van der Waals surface area contributed by atoms with Crippen molar-refractivity contribution in [3.63, 3.8) is 0 Å². The van der Waals surface area contributed by atoms with Gasteiger partial charge in [-0.1, -0.05) is 30.3 Å². The quantitative estimate of drug-likeness (QED) is 0.759. The summed E-state index contributed by atoms with van der Waals surface area (Å²) >= 11 is 0. The molecule has 0 bridgehead atoms. The van der Waals surface area contributed by atoms with E-state index in [2.05, 4.69) is 9.97 Å². The van der Waals surface area contributed by atoms with Crippen LogP contribution < -0.4 is 5.73 Å². The number of para-hydroxylation sites is 1. The van der Waals surface area contributed by atoms with Crippen LogP contribution in [0.1, 0.15) is 22.9 Å². The molecule has 3 nitrogen and oxygen atoms in total. The first-order chi connectivity index (χ1) is 9.25. The van der Waals surface area contributed by atoms with E-state index in [9.17, 15) is 0 Å². The van der Waals surface area contributed by atoms with Gasteiger partial charge in [-0.25, -0.2) is 0 Å². The molecule has 1 unspecified atom stereocenters. The standard InChI is InChI=1S/C16H15N3/c1-11-7-8-13(10-19-11)15(17)14-6-2-4-12-5-3-9-18-16(12)14/h2-10,15H,17H2,1H3. The van der Waals surface area contributed by atoms with Crippen molar-refractivity contribution in [3.8, 4) is 0 Å². The molecule has 2 aromatic heterocycles. The molecule has 0 saturated carbocycles. The zero-order valence-electron chi connectivity index (χ0n) is 10.7. The summed E-state index contributed by atoms with van der Waals surface area (Å²) < 4.78 is 0. The van der Waals surface area contributed by atoms with Crippen molar-refractivity contribution in [1.29, 1.82) is 0 Å². The van der Waals surface area contributed by atoms with Gasteiger partial charge in [-0.05, 0) is 30.2 Å². The van der Waals surface area contributed by atoms with Gasteiger partial charge in [0.1, 0.15) is 0 Å². The van der Waals surface area contributed by atoms with Crippen LogP contribution in [0.2, 0.25) is 0 Å². The fraction of sp³-hybridized carbons (Fsp3) is 0.125. The summed E-state index contributed by atoms with van der Waals surface area (Å²) in [5.74, 6) is 0. The highest BCUT2D eigenvalue weighted by Gasteiger charge is 2.12. The molecule has 0 aliphatic rings. The Hall–Kier alpha value is -2.26. The number of aryl methyl sites for hydroxylation is 1. The Kier molecular flexibility index (Phi) is 2.97. The predicted molar refractivity (Wildman–Crippen MR) is 76.7 cm³/mol. The first kappa shape index (κ1) is 11.8. The molecule has 0 spiro atoms. The van der Waals surface area contributed by atoms with Crippen molar-refractivity contribution in [3.05, 3.63) is 71.7 Å². The van der Waals surface area contributed by atoms with Gasteiger partial charge in [-0.15, -0.1) is 0 Å². The van der Waals surface area contributed by atoms with Crippen LogP contribution >= 0.6 is 0 Å². The Bertz CT molecular complexity index is 699. The lowest BCUT2D eigenvalue weighted by Gasteiger charge is -2.14. The SMILES string of the molecule is Cc1ccc(C(N)c2cccc3cccnc23)cn1. The van der Waals surface area contributed by atoms with E-state index in [0.717, 1.165) is 27.7 Å². The molecule has 0 aliphatic carbocycles. The molecule has 3 rings (SSSR count). The Balaban J connectivity index is 2.11. The summed E-state index contributed by atoms with van der Waals surface area (Å²) in [7, 11) is 0. The first-order valence-corrected chi connectivity index (χ1v) is 6.27. The summed E-state index contributed by atoms with van der Waals surface area (Å²) in [6, 6.07) is 13.9. The number of pyridine rings is 2. The van der Waals surface area contributed by atoms with Crippen LogP contribution in [0.25, 0.3) is 10.9 Å². The smallest absolute Gasteiger partial charge is 0.0753 e. The molecular formula is C16H15N3. The van der Waals surface area contributed by atoms with Crippen LogP contribution in [-0.2, 0) is 0 Å². The largest absolute Gasteiger partial charge is 0.320 e. The average molecular weight is 249 g/mol. The van der Waals surface area contributed by atoms with Crippen molar-refractivity contribution in [2.75, 3.05) is 0 Å². The van der Waals surface area contributed by atoms with Gasteiger partial charge in [-0.2, -0.15) is 0 Å². The minimum atomic E-state index is -0.202. The first-order valence-electron chi connectivity index (χ1n) is 6.27. The third-order valence-corrected chi connectivity index (χ3v) is 3.29. The lowest BCUT2D eigenvalue weighted by molar-refractivity contribution is 0.866. The fourth-order valence-electron chi connectivity index (χ4n) is 2.22. The van der Waals surface area contributed by atoms with Crippen molar-refractivity contribution in [1.82, 2.24) is 9.97 Å². The second kappa shape index (κ2) is 4.78. The second-order valence-corrected chi connectivity index (χ2v) is 4.63. The Morgan fingerprint density at radius 2 is 1.84 bits per heavy atom. The Morgan fingerprint density at radius 3 is 2.63 bits per heavy atom. The van der Waals surface area contributed by atoms with Gasteiger partial charge in [0, 0.05) is 23.5 Å². The molecule has 2 heterocycles. The van der Waals surface area contributed by atoms with E-state index in [1.807, 2.05) is 55.6 Å². The predicted octanol–water partition coefficient (Wildman–Crippen LogP) is 2.99. The highest BCUT2D eigenvalue weighted by atomic mass is 14.7. The number of rotatable bonds is 2. The molecule has 0 amide bonds. The number of fused-ring (bicyclic) bond motifs is 1. The van der Waals surface area contributed by atoms with Gasteiger partial charge in [0.05, 0.1) is 11.6 Å². The van der Waals surface area contributed by atoms with Gasteiger partial charge in [-0.3, -0.25) is 9.97 Å². The van der Waals surface area contributed by atoms with Gasteiger partial charge in [0.15, 0.2) is 0 Å². The van der Waals surface area contributed by atoms with Crippen molar-refractivity contribution >= 4 is 10.9 Å². The average Bonchev–Trinajstić information content (AvgIpc) is 2.47. The van der Waals surface area contributed by atoms with E-state index in [0.29, 0.717) is 0 Å². The highest BCUT2D eigenvalue weighted by Crippen LogP contribution is 2.25. The highest BCUT2D eigenvalue weighted by molar-refractivity contribution is 5.82. The van der Waals surface area contributed by atoms with Crippen molar-refractivity contribution in [2.45, 2.75) is 13.0 Å². The zero-order valence-corrected chi connectivity index (χ0v) is 10.7. The molecule has 94 valence electrons. The number of nitrogens with zero attached hydrogens (tertiary/aromatic N) is 2. The van der Waals surface area contributed by atoms with Crippen LogP contribution in [0.15, 0.2) is 54.9 Å². The molecular weight excluding hydrogens is 234 g/mol. The maximum atomic E-state index is 6.35. The number of hydrogen-bond donors (Lipinski definition) is 1. The number of nitrogens with two attached hydrogens (primary N) is 1. The van der Waals surface area contributed by atoms with E-state index >= 15 is 0 Å². The third kappa shape index (κ3) is 2.20. The van der Waals surface area contributed by atoms with Gasteiger partial charge >= 0.3 is 0 Å². The zero-order chi connectivity index (χ0) is 13.2. The van der Waals surface area contributed by atoms with Gasteiger partial charge in [0.2, 0.25) is 0 Å². The Morgan fingerprint density at radius 1 is 1.00 bits per heavy atom. The van der Waals surface area contributed by atoms with E-state index in [4.69, 9.17) is 5.73 Å². The molecule has 0 aliphatic heterocycles. The normalized spacial score (nSPS) is 12.5. The van der Waals surface area contributed by atoms with Crippen LogP contribution in [0.5, 0.6) is 0 Å². The summed E-state index contributed by atoms with van der Waals surface area (Å²) in [6.07, 6.45) is 3.63. The minimum Gasteiger partial charge on any atom is -0.320 e. The van der Waals surface area contributed by atoms with E-state index in [-0.39, 0.29) is 6.04 Å². The Labute approximate surface area is 112 Å².